The van der Waals surface area contributed by atoms with Crippen molar-refractivity contribution >= 4 is 0 Å². The molecule has 3 nitrogen and oxygen atoms in total. The molecule has 106 valence electrons. The zero-order valence-electron chi connectivity index (χ0n) is 11.8. The van der Waals surface area contributed by atoms with E-state index in [0.717, 1.165) is 24.6 Å². The molecule has 1 aromatic rings. The molecule has 19 heavy (non-hydrogen) atoms. The van der Waals surface area contributed by atoms with E-state index in [1.165, 1.54) is 32.1 Å². The van der Waals surface area contributed by atoms with Crippen molar-refractivity contribution in [3.8, 4) is 11.5 Å². The molecular weight excluding hydrogens is 238 g/mol. The van der Waals surface area contributed by atoms with Gasteiger partial charge in [-0.3, -0.25) is 0 Å². The maximum Gasteiger partial charge on any atom is 0.161 e. The molecule has 0 aliphatic heterocycles. The van der Waals surface area contributed by atoms with Crippen molar-refractivity contribution in [2.45, 2.75) is 45.6 Å². The number of hydrogen-bond acceptors (Lipinski definition) is 3. The molecule has 0 bridgehead atoms. The van der Waals surface area contributed by atoms with Crippen LogP contribution in [0.2, 0.25) is 0 Å². The summed E-state index contributed by atoms with van der Waals surface area (Å²) in [6, 6.07) is 5.58. The topological polar surface area (TPSA) is 41.5 Å². The molecule has 0 atom stereocenters. The zero-order valence-corrected chi connectivity index (χ0v) is 11.8. The second-order valence-corrected chi connectivity index (χ2v) is 5.37. The minimum Gasteiger partial charge on any atom is -0.504 e. The van der Waals surface area contributed by atoms with Gasteiger partial charge < -0.3 is 15.2 Å². The number of phenols is 1. The molecule has 2 N–H and O–H groups in total. The number of ether oxygens (including phenoxy) is 1. The van der Waals surface area contributed by atoms with Crippen LogP contribution in [0.3, 0.4) is 0 Å². The van der Waals surface area contributed by atoms with E-state index in [-0.39, 0.29) is 5.75 Å². The Bertz CT molecular complexity index is 386. The van der Waals surface area contributed by atoms with Crippen LogP contribution in [0.4, 0.5) is 0 Å². The molecular formula is C16H25NO2. The van der Waals surface area contributed by atoms with Crippen LogP contribution in [0.15, 0.2) is 18.2 Å². The highest BCUT2D eigenvalue weighted by molar-refractivity contribution is 5.41. The second kappa shape index (κ2) is 7.39. The summed E-state index contributed by atoms with van der Waals surface area (Å²) in [5.74, 6) is 1.65. The Hall–Kier alpha value is -1.22. The standard InChI is InChI=1S/C16H25NO2/c1-2-19-16-10-14(8-9-15(16)18)12-17-11-13-6-4-3-5-7-13/h8-10,13,17-18H,2-7,11-12H2,1H3. The van der Waals surface area contributed by atoms with E-state index < -0.39 is 0 Å². The van der Waals surface area contributed by atoms with E-state index in [9.17, 15) is 5.11 Å². The first-order valence-corrected chi connectivity index (χ1v) is 7.45. The zero-order chi connectivity index (χ0) is 13.5. The van der Waals surface area contributed by atoms with Crippen molar-refractivity contribution in [2.24, 2.45) is 5.92 Å². The van der Waals surface area contributed by atoms with Crippen molar-refractivity contribution in [1.82, 2.24) is 5.32 Å². The van der Waals surface area contributed by atoms with Gasteiger partial charge in [0, 0.05) is 6.54 Å². The van der Waals surface area contributed by atoms with Gasteiger partial charge in [0.15, 0.2) is 11.5 Å². The summed E-state index contributed by atoms with van der Waals surface area (Å²) in [5, 5.41) is 13.2. The molecule has 1 aliphatic carbocycles. The molecule has 2 rings (SSSR count). The first kappa shape index (κ1) is 14.2. The van der Waals surface area contributed by atoms with Crippen LogP contribution in [-0.2, 0) is 6.54 Å². The number of nitrogens with one attached hydrogen (secondary N) is 1. The maximum atomic E-state index is 9.65. The lowest BCUT2D eigenvalue weighted by Gasteiger charge is -2.21. The summed E-state index contributed by atoms with van der Waals surface area (Å²) in [6.07, 6.45) is 6.92. The first-order valence-electron chi connectivity index (χ1n) is 7.45. The monoisotopic (exact) mass is 263 g/mol. The fourth-order valence-corrected chi connectivity index (χ4v) is 2.75. The Labute approximate surface area is 116 Å². The highest BCUT2D eigenvalue weighted by atomic mass is 16.5. The Kier molecular flexibility index (Phi) is 5.52. The third-order valence-corrected chi connectivity index (χ3v) is 3.81. The van der Waals surface area contributed by atoms with Crippen molar-refractivity contribution in [2.75, 3.05) is 13.2 Å². The van der Waals surface area contributed by atoms with Gasteiger partial charge in [-0.1, -0.05) is 25.3 Å². The van der Waals surface area contributed by atoms with E-state index in [2.05, 4.69) is 5.32 Å². The van der Waals surface area contributed by atoms with Gasteiger partial charge >= 0.3 is 0 Å². The summed E-state index contributed by atoms with van der Waals surface area (Å²) in [7, 11) is 0. The molecule has 1 fully saturated rings. The molecule has 0 spiro atoms. The number of aromatic hydroxyl groups is 1. The number of hydrogen-bond donors (Lipinski definition) is 2. The number of benzene rings is 1. The summed E-state index contributed by atoms with van der Waals surface area (Å²) in [5.41, 5.74) is 1.16. The molecule has 1 aromatic carbocycles. The molecule has 3 heteroatoms. The molecule has 0 amide bonds. The van der Waals surface area contributed by atoms with E-state index in [1.54, 1.807) is 6.07 Å². The third kappa shape index (κ3) is 4.43. The molecule has 1 saturated carbocycles. The van der Waals surface area contributed by atoms with Crippen LogP contribution in [0, 0.1) is 5.92 Å². The lowest BCUT2D eigenvalue weighted by atomic mass is 9.89. The Morgan fingerprint density at radius 3 is 2.79 bits per heavy atom. The van der Waals surface area contributed by atoms with Gasteiger partial charge in [-0.2, -0.15) is 0 Å². The van der Waals surface area contributed by atoms with Gasteiger partial charge in [0.25, 0.3) is 0 Å². The van der Waals surface area contributed by atoms with Gasteiger partial charge in [-0.15, -0.1) is 0 Å². The molecule has 0 unspecified atom stereocenters. The fraction of sp³-hybridized carbons (Fsp3) is 0.625. The highest BCUT2D eigenvalue weighted by Crippen LogP contribution is 2.27. The predicted octanol–water partition coefficient (Wildman–Crippen LogP) is 3.46. The van der Waals surface area contributed by atoms with Crippen molar-refractivity contribution < 1.29 is 9.84 Å². The Balaban J connectivity index is 1.80. The first-order chi connectivity index (χ1) is 9.29. The van der Waals surface area contributed by atoms with Crippen LogP contribution >= 0.6 is 0 Å². The van der Waals surface area contributed by atoms with Crippen molar-refractivity contribution in [3.05, 3.63) is 23.8 Å². The van der Waals surface area contributed by atoms with E-state index in [4.69, 9.17) is 4.74 Å². The van der Waals surface area contributed by atoms with Crippen molar-refractivity contribution in [1.29, 1.82) is 0 Å². The van der Waals surface area contributed by atoms with Crippen LogP contribution in [0.1, 0.15) is 44.6 Å². The van der Waals surface area contributed by atoms with Gasteiger partial charge in [0.2, 0.25) is 0 Å². The molecule has 0 heterocycles. The minimum absolute atomic E-state index is 0.220. The van der Waals surface area contributed by atoms with E-state index in [0.29, 0.717) is 12.4 Å². The van der Waals surface area contributed by atoms with Crippen LogP contribution < -0.4 is 10.1 Å². The molecule has 0 aromatic heterocycles. The SMILES string of the molecule is CCOc1cc(CNCC2CCCCC2)ccc1O. The molecule has 0 saturated heterocycles. The quantitative estimate of drug-likeness (QED) is 0.826. The van der Waals surface area contributed by atoms with E-state index >= 15 is 0 Å². The van der Waals surface area contributed by atoms with Crippen LogP contribution in [-0.4, -0.2) is 18.3 Å². The minimum atomic E-state index is 0.220. The Morgan fingerprint density at radius 1 is 1.26 bits per heavy atom. The summed E-state index contributed by atoms with van der Waals surface area (Å²) in [6.45, 7) is 4.45. The molecule has 1 aliphatic rings. The van der Waals surface area contributed by atoms with Crippen LogP contribution in [0.25, 0.3) is 0 Å². The average molecular weight is 263 g/mol. The second-order valence-electron chi connectivity index (χ2n) is 5.37. The van der Waals surface area contributed by atoms with Gasteiger partial charge in [-0.05, 0) is 49.9 Å². The van der Waals surface area contributed by atoms with Gasteiger partial charge in [0.1, 0.15) is 0 Å². The van der Waals surface area contributed by atoms with Gasteiger partial charge in [-0.25, -0.2) is 0 Å². The lowest BCUT2D eigenvalue weighted by molar-refractivity contribution is 0.317. The van der Waals surface area contributed by atoms with Crippen molar-refractivity contribution in [3.63, 3.8) is 0 Å². The average Bonchev–Trinajstić information content (AvgIpc) is 2.44. The number of rotatable bonds is 6. The van der Waals surface area contributed by atoms with Gasteiger partial charge in [0.05, 0.1) is 6.61 Å². The highest BCUT2D eigenvalue weighted by Gasteiger charge is 2.12. The largest absolute Gasteiger partial charge is 0.504 e. The molecule has 0 radical (unpaired) electrons. The Morgan fingerprint density at radius 2 is 2.05 bits per heavy atom. The van der Waals surface area contributed by atoms with Crippen LogP contribution in [0.5, 0.6) is 11.5 Å². The fourth-order valence-electron chi connectivity index (χ4n) is 2.75. The normalized spacial score (nSPS) is 16.5. The van der Waals surface area contributed by atoms with E-state index in [1.807, 2.05) is 19.1 Å². The third-order valence-electron chi connectivity index (χ3n) is 3.81. The number of phenolic OH excluding ortho intramolecular Hbond substituents is 1. The predicted molar refractivity (Wildman–Crippen MR) is 77.6 cm³/mol. The maximum absolute atomic E-state index is 9.65. The lowest BCUT2D eigenvalue weighted by Crippen LogP contribution is -2.24. The summed E-state index contributed by atoms with van der Waals surface area (Å²) >= 11 is 0. The summed E-state index contributed by atoms with van der Waals surface area (Å²) < 4.78 is 5.40. The summed E-state index contributed by atoms with van der Waals surface area (Å²) in [4.78, 5) is 0. The smallest absolute Gasteiger partial charge is 0.161 e.